The van der Waals surface area contributed by atoms with Gasteiger partial charge in [0.25, 0.3) is 0 Å². The van der Waals surface area contributed by atoms with E-state index < -0.39 is 5.60 Å². The summed E-state index contributed by atoms with van der Waals surface area (Å²) in [7, 11) is 0. The molecule has 0 amide bonds. The third kappa shape index (κ3) is 3.43. The van der Waals surface area contributed by atoms with Crippen LogP contribution in [0.5, 0.6) is 5.75 Å². The molecule has 1 aliphatic heterocycles. The molecule has 0 bridgehead atoms. The van der Waals surface area contributed by atoms with Crippen molar-refractivity contribution in [1.82, 2.24) is 4.90 Å². The van der Waals surface area contributed by atoms with Crippen molar-refractivity contribution < 1.29 is 14.2 Å². The predicted octanol–water partition coefficient (Wildman–Crippen LogP) is 2.05. The number of rotatable bonds is 6. The molecular formula is C14H20FNO2. The van der Waals surface area contributed by atoms with Crippen LogP contribution in [0.15, 0.2) is 24.3 Å². The van der Waals surface area contributed by atoms with Crippen LogP contribution in [-0.2, 0) is 0 Å². The fourth-order valence-corrected chi connectivity index (χ4v) is 2.18. The zero-order valence-electron chi connectivity index (χ0n) is 10.7. The van der Waals surface area contributed by atoms with E-state index in [4.69, 9.17) is 4.74 Å². The number of nitrogens with zero attached hydrogens (tertiary/aromatic N) is 1. The molecule has 1 aromatic carbocycles. The van der Waals surface area contributed by atoms with Gasteiger partial charge in [0.1, 0.15) is 11.6 Å². The normalized spacial score (nSPS) is 18.4. The predicted molar refractivity (Wildman–Crippen MR) is 68.2 cm³/mol. The monoisotopic (exact) mass is 253 g/mol. The third-order valence-electron chi connectivity index (χ3n) is 3.40. The summed E-state index contributed by atoms with van der Waals surface area (Å²) in [5, 5.41) is 9.84. The smallest absolute Gasteiger partial charge is 0.123 e. The Labute approximate surface area is 107 Å². The molecule has 1 heterocycles. The van der Waals surface area contributed by atoms with Crippen molar-refractivity contribution in [2.24, 2.45) is 0 Å². The van der Waals surface area contributed by atoms with Crippen LogP contribution in [0, 0.1) is 5.82 Å². The summed E-state index contributed by atoms with van der Waals surface area (Å²) < 4.78 is 18.2. The second-order valence-corrected chi connectivity index (χ2v) is 4.94. The Kier molecular flexibility index (Phi) is 4.19. The van der Waals surface area contributed by atoms with Gasteiger partial charge >= 0.3 is 0 Å². The van der Waals surface area contributed by atoms with Gasteiger partial charge in [0.05, 0.1) is 12.2 Å². The number of benzene rings is 1. The van der Waals surface area contributed by atoms with Gasteiger partial charge in [0, 0.05) is 19.6 Å². The minimum absolute atomic E-state index is 0.248. The topological polar surface area (TPSA) is 32.7 Å². The zero-order valence-corrected chi connectivity index (χ0v) is 10.7. The first kappa shape index (κ1) is 13.3. The van der Waals surface area contributed by atoms with Crippen LogP contribution in [0.2, 0.25) is 0 Å². The molecule has 0 radical (unpaired) electrons. The second kappa shape index (κ2) is 5.67. The lowest BCUT2D eigenvalue weighted by atomic mass is 9.91. The van der Waals surface area contributed by atoms with E-state index in [-0.39, 0.29) is 5.82 Å². The van der Waals surface area contributed by atoms with E-state index in [0.717, 1.165) is 32.5 Å². The van der Waals surface area contributed by atoms with E-state index in [0.29, 0.717) is 12.4 Å². The SMILES string of the molecule is CCC1(O)CN(CCCOc2ccc(F)cc2)C1. The molecule has 1 saturated heterocycles. The van der Waals surface area contributed by atoms with Crippen LogP contribution < -0.4 is 4.74 Å². The van der Waals surface area contributed by atoms with E-state index in [1.807, 2.05) is 6.92 Å². The molecule has 3 nitrogen and oxygen atoms in total. The van der Waals surface area contributed by atoms with E-state index in [9.17, 15) is 9.50 Å². The van der Waals surface area contributed by atoms with Gasteiger partial charge in [-0.05, 0) is 37.1 Å². The molecule has 0 aliphatic carbocycles. The largest absolute Gasteiger partial charge is 0.494 e. The molecule has 0 saturated carbocycles. The summed E-state index contributed by atoms with van der Waals surface area (Å²) in [6, 6.07) is 6.06. The van der Waals surface area contributed by atoms with E-state index in [1.54, 1.807) is 12.1 Å². The second-order valence-electron chi connectivity index (χ2n) is 4.94. The van der Waals surface area contributed by atoms with Crippen molar-refractivity contribution in [2.75, 3.05) is 26.2 Å². The van der Waals surface area contributed by atoms with Gasteiger partial charge in [-0.25, -0.2) is 4.39 Å². The lowest BCUT2D eigenvalue weighted by molar-refractivity contribution is -0.1000. The van der Waals surface area contributed by atoms with Crippen LogP contribution in [0.1, 0.15) is 19.8 Å². The number of hydrogen-bond acceptors (Lipinski definition) is 3. The summed E-state index contributed by atoms with van der Waals surface area (Å²) in [5.74, 6) is 0.451. The van der Waals surface area contributed by atoms with Crippen molar-refractivity contribution in [1.29, 1.82) is 0 Å². The molecule has 1 fully saturated rings. The quantitative estimate of drug-likeness (QED) is 0.788. The minimum atomic E-state index is -0.461. The summed E-state index contributed by atoms with van der Waals surface area (Å²) in [6.45, 7) is 5.09. The van der Waals surface area contributed by atoms with Crippen LogP contribution in [0.4, 0.5) is 4.39 Å². The van der Waals surface area contributed by atoms with Gasteiger partial charge in [0.2, 0.25) is 0 Å². The highest BCUT2D eigenvalue weighted by Gasteiger charge is 2.38. The van der Waals surface area contributed by atoms with Gasteiger partial charge in [-0.1, -0.05) is 6.92 Å². The van der Waals surface area contributed by atoms with Gasteiger partial charge in [0.15, 0.2) is 0 Å². The van der Waals surface area contributed by atoms with Crippen LogP contribution >= 0.6 is 0 Å². The summed E-state index contributed by atoms with van der Waals surface area (Å²) in [6.07, 6.45) is 1.73. The molecule has 1 aromatic rings. The molecule has 1 aliphatic rings. The van der Waals surface area contributed by atoms with Crippen molar-refractivity contribution in [2.45, 2.75) is 25.4 Å². The number of ether oxygens (including phenoxy) is 1. The Morgan fingerprint density at radius 2 is 2.00 bits per heavy atom. The molecule has 100 valence electrons. The molecular weight excluding hydrogens is 233 g/mol. The maximum absolute atomic E-state index is 12.7. The summed E-state index contributed by atoms with van der Waals surface area (Å²) in [4.78, 5) is 2.22. The van der Waals surface area contributed by atoms with Crippen molar-refractivity contribution in [3.63, 3.8) is 0 Å². The molecule has 0 atom stereocenters. The van der Waals surface area contributed by atoms with Crippen LogP contribution in [-0.4, -0.2) is 41.8 Å². The summed E-state index contributed by atoms with van der Waals surface area (Å²) >= 11 is 0. The van der Waals surface area contributed by atoms with Crippen molar-refractivity contribution >= 4 is 0 Å². The van der Waals surface area contributed by atoms with Gasteiger partial charge in [-0.15, -0.1) is 0 Å². The third-order valence-corrected chi connectivity index (χ3v) is 3.40. The highest BCUT2D eigenvalue weighted by atomic mass is 19.1. The average molecular weight is 253 g/mol. The zero-order chi connectivity index (χ0) is 13.0. The van der Waals surface area contributed by atoms with Crippen LogP contribution in [0.3, 0.4) is 0 Å². The Morgan fingerprint density at radius 3 is 2.61 bits per heavy atom. The molecule has 1 N–H and O–H groups in total. The lowest BCUT2D eigenvalue weighted by Crippen LogP contribution is -2.61. The van der Waals surface area contributed by atoms with Crippen molar-refractivity contribution in [3.8, 4) is 5.75 Å². The molecule has 0 unspecified atom stereocenters. The van der Waals surface area contributed by atoms with Gasteiger partial charge < -0.3 is 9.84 Å². The maximum atomic E-state index is 12.7. The fourth-order valence-electron chi connectivity index (χ4n) is 2.18. The summed E-state index contributed by atoms with van der Waals surface area (Å²) in [5.41, 5.74) is -0.461. The first-order valence-electron chi connectivity index (χ1n) is 6.44. The number of halogens is 1. The highest BCUT2D eigenvalue weighted by Crippen LogP contribution is 2.23. The van der Waals surface area contributed by atoms with E-state index in [2.05, 4.69) is 4.90 Å². The van der Waals surface area contributed by atoms with Gasteiger partial charge in [-0.2, -0.15) is 0 Å². The number of β-amino-alcohol motifs (C(OH)–C–C–N with tert-alkyl or cyclic N) is 1. The van der Waals surface area contributed by atoms with Gasteiger partial charge in [-0.3, -0.25) is 4.90 Å². The standard InChI is InChI=1S/C14H20FNO2/c1-2-14(17)10-16(11-14)8-3-9-18-13-6-4-12(15)5-7-13/h4-7,17H,2-3,8-11H2,1H3. The molecule has 0 aromatic heterocycles. The average Bonchev–Trinajstić information content (AvgIpc) is 2.34. The Balaban J connectivity index is 1.59. The van der Waals surface area contributed by atoms with Crippen molar-refractivity contribution in [3.05, 3.63) is 30.1 Å². The molecule has 4 heteroatoms. The Hall–Kier alpha value is -1.13. The molecule has 0 spiro atoms. The number of aliphatic hydroxyl groups is 1. The number of hydrogen-bond donors (Lipinski definition) is 1. The highest BCUT2D eigenvalue weighted by molar-refractivity contribution is 5.21. The molecule has 2 rings (SSSR count). The Morgan fingerprint density at radius 1 is 1.33 bits per heavy atom. The van der Waals surface area contributed by atoms with E-state index in [1.165, 1.54) is 12.1 Å². The van der Waals surface area contributed by atoms with Crippen LogP contribution in [0.25, 0.3) is 0 Å². The fraction of sp³-hybridized carbons (Fsp3) is 0.571. The minimum Gasteiger partial charge on any atom is -0.494 e. The number of likely N-dealkylation sites (tertiary alicyclic amines) is 1. The lowest BCUT2D eigenvalue weighted by Gasteiger charge is -2.46. The molecule has 18 heavy (non-hydrogen) atoms. The first-order valence-corrected chi connectivity index (χ1v) is 6.44. The van der Waals surface area contributed by atoms with E-state index >= 15 is 0 Å². The maximum Gasteiger partial charge on any atom is 0.123 e. The first-order chi connectivity index (χ1) is 8.61. The Bertz CT molecular complexity index is 374.